The minimum absolute atomic E-state index is 0.119. The quantitative estimate of drug-likeness (QED) is 0.403. The van der Waals surface area contributed by atoms with Crippen LogP contribution in [0.1, 0.15) is 43.2 Å². The lowest BCUT2D eigenvalue weighted by Gasteiger charge is -2.22. The third-order valence-electron chi connectivity index (χ3n) is 4.92. The number of pyridine rings is 1. The zero-order valence-corrected chi connectivity index (χ0v) is 18.4. The molecule has 1 amide bonds. The molecule has 0 radical (unpaired) electrons. The molecule has 0 saturated carbocycles. The molecule has 2 heterocycles. The van der Waals surface area contributed by atoms with E-state index in [0.29, 0.717) is 35.7 Å². The molecule has 4 N–H and O–H groups in total. The third kappa shape index (κ3) is 6.51. The normalized spacial score (nSPS) is 11.7. The Hall–Kier alpha value is -3.46. The highest BCUT2D eigenvalue weighted by Gasteiger charge is 2.23. The zero-order valence-electron chi connectivity index (χ0n) is 18.4. The second kappa shape index (κ2) is 10.5. The number of rotatable bonds is 11. The number of nitrogens with zero attached hydrogens (tertiary/aromatic N) is 3. The van der Waals surface area contributed by atoms with Gasteiger partial charge in [-0.05, 0) is 25.5 Å². The summed E-state index contributed by atoms with van der Waals surface area (Å²) in [5, 5.41) is 22.2. The fourth-order valence-electron chi connectivity index (χ4n) is 2.57. The van der Waals surface area contributed by atoms with Gasteiger partial charge in [-0.15, -0.1) is 0 Å². The maximum absolute atomic E-state index is 12.8. The summed E-state index contributed by atoms with van der Waals surface area (Å²) in [6.07, 6.45) is 5.43. The molecule has 0 bridgehead atoms. The monoisotopic (exact) mass is 426 g/mol. The van der Waals surface area contributed by atoms with E-state index in [1.165, 1.54) is 10.9 Å². The van der Waals surface area contributed by atoms with Gasteiger partial charge < -0.3 is 21.1 Å². The summed E-state index contributed by atoms with van der Waals surface area (Å²) < 4.78 is 1.49. The van der Waals surface area contributed by atoms with E-state index in [9.17, 15) is 14.7 Å². The van der Waals surface area contributed by atoms with E-state index in [4.69, 9.17) is 0 Å². The number of carbonyl (C=O) groups excluding carboxylic acids is 2. The van der Waals surface area contributed by atoms with Gasteiger partial charge in [0.15, 0.2) is 5.82 Å². The molecule has 2 aromatic rings. The van der Waals surface area contributed by atoms with Crippen LogP contribution in [0.3, 0.4) is 0 Å². The van der Waals surface area contributed by atoms with E-state index >= 15 is 0 Å². The average Bonchev–Trinajstić information content (AvgIpc) is 3.22. The molecule has 0 spiro atoms. The van der Waals surface area contributed by atoms with Crippen LogP contribution in [0.5, 0.6) is 0 Å². The zero-order chi connectivity index (χ0) is 23.0. The van der Waals surface area contributed by atoms with Crippen molar-refractivity contribution in [1.82, 2.24) is 30.7 Å². The Morgan fingerprint density at radius 2 is 2.06 bits per heavy atom. The van der Waals surface area contributed by atoms with E-state index in [0.717, 1.165) is 0 Å². The molecule has 9 nitrogen and oxygen atoms in total. The number of ketones is 1. The summed E-state index contributed by atoms with van der Waals surface area (Å²) in [5.74, 6) is 0.160. The molecule has 0 saturated heterocycles. The number of nitrogens with one attached hydrogen (secondary N) is 3. The van der Waals surface area contributed by atoms with Crippen LogP contribution < -0.4 is 16.0 Å². The van der Waals surface area contributed by atoms with Gasteiger partial charge in [-0.3, -0.25) is 9.59 Å². The van der Waals surface area contributed by atoms with Crippen LogP contribution >= 0.6 is 0 Å². The molecule has 0 aliphatic carbocycles. The van der Waals surface area contributed by atoms with Gasteiger partial charge in [0, 0.05) is 37.0 Å². The Bertz CT molecular complexity index is 977. The van der Waals surface area contributed by atoms with Crippen molar-refractivity contribution >= 4 is 11.7 Å². The predicted molar refractivity (Wildman–Crippen MR) is 118 cm³/mol. The van der Waals surface area contributed by atoms with Gasteiger partial charge >= 0.3 is 0 Å². The number of aliphatic hydroxyl groups excluding tert-OH is 1. The van der Waals surface area contributed by atoms with Gasteiger partial charge in [0.1, 0.15) is 11.5 Å². The highest BCUT2D eigenvalue weighted by atomic mass is 16.3. The van der Waals surface area contributed by atoms with Crippen molar-refractivity contribution in [2.45, 2.75) is 33.8 Å². The van der Waals surface area contributed by atoms with Crippen molar-refractivity contribution in [2.75, 3.05) is 13.6 Å². The van der Waals surface area contributed by atoms with Crippen molar-refractivity contribution in [2.24, 2.45) is 5.41 Å². The summed E-state index contributed by atoms with van der Waals surface area (Å²) in [6, 6.07) is 5.01. The Labute approximate surface area is 182 Å². The van der Waals surface area contributed by atoms with Gasteiger partial charge in [-0.1, -0.05) is 26.5 Å². The number of aliphatic hydroxyl groups is 1. The Morgan fingerprint density at radius 3 is 2.68 bits per heavy atom. The summed E-state index contributed by atoms with van der Waals surface area (Å²) in [5.41, 5.74) is 1.38. The van der Waals surface area contributed by atoms with Gasteiger partial charge in [0.05, 0.1) is 24.2 Å². The van der Waals surface area contributed by atoms with Crippen molar-refractivity contribution in [3.05, 3.63) is 66.0 Å². The second-order valence-corrected chi connectivity index (χ2v) is 7.73. The van der Waals surface area contributed by atoms with E-state index < -0.39 is 11.3 Å². The first kappa shape index (κ1) is 23.8. The number of aromatic nitrogens is 3. The van der Waals surface area contributed by atoms with E-state index in [2.05, 4.69) is 32.6 Å². The molecule has 0 unspecified atom stereocenters. The largest absolute Gasteiger partial charge is 0.392 e. The van der Waals surface area contributed by atoms with Crippen molar-refractivity contribution < 1.29 is 14.7 Å². The van der Waals surface area contributed by atoms with Crippen LogP contribution in [0.4, 0.5) is 0 Å². The van der Waals surface area contributed by atoms with E-state index in [-0.39, 0.29) is 18.1 Å². The first-order valence-corrected chi connectivity index (χ1v) is 9.92. The van der Waals surface area contributed by atoms with E-state index in [1.54, 1.807) is 44.6 Å². The number of carbonyl (C=O) groups is 2. The average molecular weight is 427 g/mol. The molecule has 166 valence electrons. The topological polar surface area (TPSA) is 121 Å². The summed E-state index contributed by atoms with van der Waals surface area (Å²) in [7, 11) is 1.72. The molecule has 0 aliphatic rings. The van der Waals surface area contributed by atoms with Gasteiger partial charge in [0.25, 0.3) is 5.91 Å². The summed E-state index contributed by atoms with van der Waals surface area (Å²) in [4.78, 5) is 28.8. The molecule has 9 heteroatoms. The SMILES string of the molecule is C=C(NCCC(C)(C)C(C)=O)/C(=C\NC)NC(=O)c1cccc(-n2cc(CO)cn2)n1. The Balaban J connectivity index is 2.07. The fraction of sp³-hybridized carbons (Fsp3) is 0.364. The van der Waals surface area contributed by atoms with Crippen LogP contribution in [-0.4, -0.2) is 45.2 Å². The molecular weight excluding hydrogens is 396 g/mol. The second-order valence-electron chi connectivity index (χ2n) is 7.73. The Morgan fingerprint density at radius 1 is 1.32 bits per heavy atom. The molecule has 0 aliphatic heterocycles. The first-order chi connectivity index (χ1) is 14.7. The summed E-state index contributed by atoms with van der Waals surface area (Å²) in [6.45, 7) is 9.76. The number of hydrogen-bond acceptors (Lipinski definition) is 7. The molecule has 2 aromatic heterocycles. The standard InChI is InChI=1S/C22H30N6O3/c1-15(24-10-9-22(3,4)16(2)30)19(12-23-5)27-21(31)18-7-6-8-20(26-18)28-13-17(14-29)11-25-28/h6-8,11-13,23-24,29H,1,9-10,14H2,2-5H3,(H,27,31)/b19-12+. The molecule has 2 rings (SSSR count). The van der Waals surface area contributed by atoms with Gasteiger partial charge in [-0.2, -0.15) is 5.10 Å². The molecule has 0 atom stereocenters. The molecule has 0 fully saturated rings. The van der Waals surface area contributed by atoms with Gasteiger partial charge in [0.2, 0.25) is 0 Å². The van der Waals surface area contributed by atoms with Crippen molar-refractivity contribution in [3.63, 3.8) is 0 Å². The molecule has 0 aromatic carbocycles. The van der Waals surface area contributed by atoms with Crippen LogP contribution in [-0.2, 0) is 11.4 Å². The lowest BCUT2D eigenvalue weighted by atomic mass is 9.85. The van der Waals surface area contributed by atoms with Gasteiger partial charge in [-0.25, -0.2) is 9.67 Å². The first-order valence-electron chi connectivity index (χ1n) is 9.92. The Kier molecular flexibility index (Phi) is 8.09. The maximum Gasteiger partial charge on any atom is 0.274 e. The minimum Gasteiger partial charge on any atom is -0.392 e. The number of hydrogen-bond donors (Lipinski definition) is 4. The van der Waals surface area contributed by atoms with Crippen molar-refractivity contribution in [3.8, 4) is 5.82 Å². The highest BCUT2D eigenvalue weighted by Crippen LogP contribution is 2.20. The smallest absolute Gasteiger partial charge is 0.274 e. The van der Waals surface area contributed by atoms with Crippen LogP contribution in [0.15, 0.2) is 54.8 Å². The minimum atomic E-state index is -0.434. The lowest BCUT2D eigenvalue weighted by molar-refractivity contribution is -0.125. The molecular formula is C22H30N6O3. The molecule has 31 heavy (non-hydrogen) atoms. The number of amides is 1. The van der Waals surface area contributed by atoms with Crippen molar-refractivity contribution in [1.29, 1.82) is 0 Å². The van der Waals surface area contributed by atoms with E-state index in [1.807, 2.05) is 13.8 Å². The third-order valence-corrected chi connectivity index (χ3v) is 4.92. The fourth-order valence-corrected chi connectivity index (χ4v) is 2.57. The van der Waals surface area contributed by atoms with Crippen LogP contribution in [0.2, 0.25) is 0 Å². The van der Waals surface area contributed by atoms with Crippen LogP contribution in [0.25, 0.3) is 5.82 Å². The van der Waals surface area contributed by atoms with Crippen LogP contribution in [0, 0.1) is 5.41 Å². The maximum atomic E-state index is 12.8. The highest BCUT2D eigenvalue weighted by molar-refractivity contribution is 5.94. The lowest BCUT2D eigenvalue weighted by Crippen LogP contribution is -2.32. The summed E-state index contributed by atoms with van der Waals surface area (Å²) >= 11 is 0. The number of Topliss-reactive ketones (excluding diaryl/α,β-unsaturated/α-hetero) is 1. The predicted octanol–water partition coefficient (Wildman–Crippen LogP) is 1.66.